The van der Waals surface area contributed by atoms with Crippen LogP contribution in [0.3, 0.4) is 0 Å². The molecule has 21 heteroatoms. The SMILES string of the molecule is CC(CCN1C(=CC=CC=CC2=[N+](CCCCCC(=O)NCCCC[C@H](NC(=O)OCC3c4ccccc4-c4ccccc43)C(N)=O)c3ccc4cc(S(=O)(=O)O)ccc4c3C2(C)C)C(C)(C)c2c1ccc1cc(S(=O)(=O)O)ccc21)S(=O)(=O)O. The summed E-state index contributed by atoms with van der Waals surface area (Å²) in [5.74, 6) is -0.919. The molecule has 18 nitrogen and oxygen atoms in total. The fraction of sp³-hybridized carbons (Fsp3) is 0.344. The Hall–Kier alpha value is -7.53. The maximum Gasteiger partial charge on any atom is 0.407 e. The minimum absolute atomic E-state index is 0.0986. The van der Waals surface area contributed by atoms with Gasteiger partial charge in [0, 0.05) is 66.4 Å². The van der Waals surface area contributed by atoms with Crippen molar-refractivity contribution in [2.75, 3.05) is 31.1 Å². The number of hydrogen-bond acceptors (Lipinski definition) is 11. The molecule has 1 aliphatic carbocycles. The first-order chi connectivity index (χ1) is 40.2. The lowest BCUT2D eigenvalue weighted by Gasteiger charge is -2.27. The number of alkyl carbamates (subject to hydrolysis) is 1. The Bertz CT molecular complexity index is 4070. The average molecular weight is 1220 g/mol. The largest absolute Gasteiger partial charge is 0.449 e. The molecule has 85 heavy (non-hydrogen) atoms. The molecule has 0 spiro atoms. The first kappa shape index (κ1) is 62.0. The van der Waals surface area contributed by atoms with E-state index in [0.717, 1.165) is 79.8 Å². The van der Waals surface area contributed by atoms with Crippen molar-refractivity contribution in [3.8, 4) is 11.1 Å². The van der Waals surface area contributed by atoms with Gasteiger partial charge in [-0.2, -0.15) is 29.8 Å². The number of nitrogens with zero attached hydrogens (tertiary/aromatic N) is 2. The number of carbonyl (C=O) groups is 3. The van der Waals surface area contributed by atoms with Gasteiger partial charge in [0.25, 0.3) is 30.4 Å². The van der Waals surface area contributed by atoms with Crippen molar-refractivity contribution in [1.82, 2.24) is 10.6 Å². The van der Waals surface area contributed by atoms with Crippen LogP contribution in [-0.2, 0) is 55.5 Å². The summed E-state index contributed by atoms with van der Waals surface area (Å²) in [6.45, 7) is 11.0. The number of fused-ring (bicyclic) bond motifs is 9. The van der Waals surface area contributed by atoms with Crippen molar-refractivity contribution in [2.24, 2.45) is 5.73 Å². The van der Waals surface area contributed by atoms with Gasteiger partial charge in [-0.25, -0.2) is 4.79 Å². The molecule has 0 fully saturated rings. The molecule has 6 aromatic carbocycles. The molecule has 0 saturated heterocycles. The number of hydrogen-bond donors (Lipinski definition) is 6. The third kappa shape index (κ3) is 13.3. The second-order valence-electron chi connectivity index (χ2n) is 23.1. The molecule has 6 aromatic rings. The fourth-order valence-corrected chi connectivity index (χ4v) is 13.8. The van der Waals surface area contributed by atoms with E-state index in [9.17, 15) is 53.3 Å². The van der Waals surface area contributed by atoms with Crippen molar-refractivity contribution in [3.63, 3.8) is 0 Å². The monoisotopic (exact) mass is 1210 g/mol. The predicted octanol–water partition coefficient (Wildman–Crippen LogP) is 10.6. The molecular weight excluding hydrogens is 1140 g/mol. The van der Waals surface area contributed by atoms with Crippen LogP contribution in [0, 0.1) is 0 Å². The van der Waals surface area contributed by atoms with Gasteiger partial charge in [-0.15, -0.1) is 0 Å². The molecule has 3 aliphatic rings. The summed E-state index contributed by atoms with van der Waals surface area (Å²) in [5, 5.41) is 7.35. The Labute approximate surface area is 496 Å². The molecule has 0 radical (unpaired) electrons. The van der Waals surface area contributed by atoms with E-state index in [4.69, 9.17) is 10.5 Å². The number of primary amides is 1. The van der Waals surface area contributed by atoms with Crippen LogP contribution >= 0.6 is 0 Å². The van der Waals surface area contributed by atoms with Crippen LogP contribution < -0.4 is 21.3 Å². The van der Waals surface area contributed by atoms with E-state index in [2.05, 4.69) is 29.1 Å². The van der Waals surface area contributed by atoms with Crippen LogP contribution in [-0.4, -0.2) is 105 Å². The van der Waals surface area contributed by atoms with Crippen LogP contribution in [0.25, 0.3) is 32.7 Å². The molecule has 0 bridgehead atoms. The fourth-order valence-electron chi connectivity index (χ4n) is 12.4. The zero-order valence-corrected chi connectivity index (χ0v) is 50.6. The number of allylic oxidation sites excluding steroid dienone is 6. The van der Waals surface area contributed by atoms with Crippen LogP contribution in [0.1, 0.15) is 114 Å². The third-order valence-corrected chi connectivity index (χ3v) is 19.7. The number of nitrogens with two attached hydrogens (primary N) is 1. The predicted molar refractivity (Wildman–Crippen MR) is 329 cm³/mol. The zero-order chi connectivity index (χ0) is 61.2. The first-order valence-corrected chi connectivity index (χ1v) is 32.8. The lowest BCUT2D eigenvalue weighted by atomic mass is 9.79. The molecule has 9 rings (SSSR count). The molecule has 2 aliphatic heterocycles. The summed E-state index contributed by atoms with van der Waals surface area (Å²) in [4.78, 5) is 39.8. The van der Waals surface area contributed by atoms with Crippen LogP contribution in [0.2, 0.25) is 0 Å². The van der Waals surface area contributed by atoms with E-state index in [1.54, 1.807) is 18.2 Å². The second-order valence-corrected chi connectivity index (χ2v) is 27.7. The normalized spacial score (nSPS) is 16.7. The van der Waals surface area contributed by atoms with Crippen molar-refractivity contribution < 1.29 is 62.6 Å². The zero-order valence-electron chi connectivity index (χ0n) is 48.1. The van der Waals surface area contributed by atoms with Gasteiger partial charge in [-0.1, -0.05) is 98.8 Å². The Balaban J connectivity index is 0.840. The number of amides is 3. The van der Waals surface area contributed by atoms with Crippen molar-refractivity contribution in [2.45, 2.75) is 124 Å². The number of rotatable bonds is 24. The molecule has 1 unspecified atom stereocenters. The summed E-state index contributed by atoms with van der Waals surface area (Å²) in [6.07, 6.45) is 12.8. The quantitative estimate of drug-likeness (QED) is 0.0142. The average Bonchev–Trinajstić information content (AvgIpc) is 1.65. The van der Waals surface area contributed by atoms with Gasteiger partial charge in [0.15, 0.2) is 5.71 Å². The van der Waals surface area contributed by atoms with Crippen molar-refractivity contribution in [3.05, 3.63) is 168 Å². The number of benzene rings is 6. The number of ether oxygens (including phenoxy) is 1. The Morgan fingerprint density at radius 2 is 1.32 bits per heavy atom. The van der Waals surface area contributed by atoms with E-state index in [-0.39, 0.29) is 47.6 Å². The molecular formula is C64H72N5O13S3+. The van der Waals surface area contributed by atoms with Gasteiger partial charge in [0.2, 0.25) is 17.5 Å². The highest BCUT2D eigenvalue weighted by atomic mass is 32.2. The molecule has 3 amide bonds. The third-order valence-electron chi connectivity index (χ3n) is 16.7. The summed E-state index contributed by atoms with van der Waals surface area (Å²) < 4.78 is 110. The van der Waals surface area contributed by atoms with Gasteiger partial charge in [0.05, 0.1) is 20.5 Å². The number of nitrogens with one attached hydrogen (secondary N) is 2. The van der Waals surface area contributed by atoms with E-state index in [1.165, 1.54) is 31.2 Å². The minimum Gasteiger partial charge on any atom is -0.449 e. The van der Waals surface area contributed by atoms with Gasteiger partial charge in [0.1, 0.15) is 19.2 Å². The van der Waals surface area contributed by atoms with Gasteiger partial charge in [-0.05, 0) is 151 Å². The Morgan fingerprint density at radius 3 is 1.93 bits per heavy atom. The highest BCUT2D eigenvalue weighted by molar-refractivity contribution is 7.86. The molecule has 7 N–H and O–H groups in total. The van der Waals surface area contributed by atoms with Crippen LogP contribution in [0.15, 0.2) is 155 Å². The van der Waals surface area contributed by atoms with Gasteiger partial charge < -0.3 is 26.0 Å². The topological polar surface area (TPSA) is 280 Å². The molecule has 2 atom stereocenters. The Morgan fingerprint density at radius 1 is 0.706 bits per heavy atom. The summed E-state index contributed by atoms with van der Waals surface area (Å²) >= 11 is 0. The van der Waals surface area contributed by atoms with Crippen molar-refractivity contribution in [1.29, 1.82) is 0 Å². The summed E-state index contributed by atoms with van der Waals surface area (Å²) in [5.41, 5.74) is 14.1. The summed E-state index contributed by atoms with van der Waals surface area (Å²) in [6, 6.07) is 31.5. The number of unbranched alkanes of at least 4 members (excludes halogenated alkanes) is 3. The summed E-state index contributed by atoms with van der Waals surface area (Å²) in [7, 11) is -13.3. The Kier molecular flexibility index (Phi) is 18.1. The van der Waals surface area contributed by atoms with Crippen LogP contribution in [0.5, 0.6) is 0 Å². The molecule has 0 aromatic heterocycles. The van der Waals surface area contributed by atoms with Crippen LogP contribution in [0.4, 0.5) is 16.2 Å². The number of anilines is 1. The maximum absolute atomic E-state index is 13.0. The van der Waals surface area contributed by atoms with Crippen molar-refractivity contribution >= 4 is 86.9 Å². The molecule has 2 heterocycles. The second kappa shape index (κ2) is 24.8. The lowest BCUT2D eigenvalue weighted by Crippen LogP contribution is -2.45. The minimum atomic E-state index is -4.47. The maximum atomic E-state index is 13.0. The highest BCUT2D eigenvalue weighted by Gasteiger charge is 2.46. The highest BCUT2D eigenvalue weighted by Crippen LogP contribution is 2.52. The van der Waals surface area contributed by atoms with E-state index in [1.807, 2.05) is 116 Å². The molecule has 0 saturated carbocycles. The van der Waals surface area contributed by atoms with Gasteiger partial charge in [-0.3, -0.25) is 23.2 Å². The van der Waals surface area contributed by atoms with E-state index >= 15 is 0 Å². The molecule has 448 valence electrons. The van der Waals surface area contributed by atoms with E-state index in [0.29, 0.717) is 49.5 Å². The lowest BCUT2D eigenvalue weighted by molar-refractivity contribution is -0.438. The smallest absolute Gasteiger partial charge is 0.407 e. The standard InChI is InChI=1S/C64H71N5O13S3/c1-41(83(73,74)75)34-37-69-55-33-27-43-39-45(85(79,80)81)29-31-47(43)60(55)64(4,5)57(69)24-9-6-8-23-56-63(2,3)59-46-30-28-44(84(76,77)78)38-42(46)26-32-54(59)68(56)36-17-7-10-25-58(70)66-35-16-15-22-53(61(65)71)67-62(72)82-40-52-50-20-13-11-18-48(50)49-19-12-14-21-51(49)52/h6,8-9,11-14,18-21,23-24,26-33,38-39,41,52-53H,7,10,15-17,22,25,34-37,40H2,1-5H3,(H6-,65,66,67,70,71,72,73,74,75,76,77,78,79,80,81)/p+1/t41?,53-/m0/s1. The first-order valence-electron chi connectivity index (χ1n) is 28.4. The number of carbonyl (C=O) groups excluding carboxylic acids is 3. The van der Waals surface area contributed by atoms with Gasteiger partial charge >= 0.3 is 6.09 Å². The van der Waals surface area contributed by atoms with E-state index < -0.39 is 64.5 Å².